The van der Waals surface area contributed by atoms with Crippen molar-refractivity contribution in [3.8, 4) is 0 Å². The van der Waals surface area contributed by atoms with Crippen molar-refractivity contribution in [1.29, 1.82) is 0 Å². The molecule has 0 aromatic rings. The summed E-state index contributed by atoms with van der Waals surface area (Å²) in [4.78, 5) is 10.5. The fraction of sp³-hybridized carbons (Fsp3) is 0.889. The minimum atomic E-state index is -1.02. The molecular weight excluding hydrogens is 186 g/mol. The number of carbonyl (C=O) groups excluding carboxylic acids is 1. The third kappa shape index (κ3) is 7.97. The summed E-state index contributed by atoms with van der Waals surface area (Å²) in [6, 6.07) is 0. The molecule has 0 saturated carbocycles. The van der Waals surface area contributed by atoms with Crippen LogP contribution in [0.3, 0.4) is 0 Å². The summed E-state index contributed by atoms with van der Waals surface area (Å²) in [7, 11) is 0. The van der Waals surface area contributed by atoms with Gasteiger partial charge in [-0.15, -0.1) is 0 Å². The highest BCUT2D eigenvalue weighted by molar-refractivity contribution is 5.72. The van der Waals surface area contributed by atoms with Gasteiger partial charge in [-0.3, -0.25) is 4.79 Å². The van der Waals surface area contributed by atoms with Gasteiger partial charge in [0.25, 0.3) is 0 Å². The van der Waals surface area contributed by atoms with Crippen molar-refractivity contribution in [3.05, 3.63) is 0 Å². The van der Waals surface area contributed by atoms with E-state index in [1.54, 1.807) is 13.8 Å². The lowest BCUT2D eigenvalue weighted by Gasteiger charge is -2.19. The number of carbonyl (C=O) groups is 1. The molecule has 0 fully saturated rings. The predicted molar refractivity (Wildman–Crippen MR) is 51.5 cm³/mol. The van der Waals surface area contributed by atoms with Crippen molar-refractivity contribution in [2.45, 2.75) is 45.7 Å². The Balaban J connectivity index is 3.59. The minimum Gasteiger partial charge on any atom is -0.393 e. The normalized spacial score (nSPS) is 17.2. The monoisotopic (exact) mass is 205 g/mol. The Hall–Kier alpha value is -0.650. The number of hydrogen-bond donors (Lipinski definition) is 3. The maximum Gasteiger partial charge on any atom is 0.217 e. The molecule has 3 atom stereocenters. The molecule has 2 unspecified atom stereocenters. The number of nitrogens with one attached hydrogen (secondary N) is 1. The summed E-state index contributed by atoms with van der Waals surface area (Å²) in [5, 5.41) is 20.7. The Morgan fingerprint density at radius 3 is 2.43 bits per heavy atom. The minimum absolute atomic E-state index is 0.0689. The second kappa shape index (κ2) is 6.75. The van der Waals surface area contributed by atoms with Crippen LogP contribution in [0.1, 0.15) is 27.2 Å². The van der Waals surface area contributed by atoms with Crippen LogP contribution in [0, 0.1) is 0 Å². The van der Waals surface area contributed by atoms with E-state index in [-0.39, 0.29) is 18.6 Å². The summed E-state index contributed by atoms with van der Waals surface area (Å²) in [5.74, 6) is -0.212. The Morgan fingerprint density at radius 1 is 1.43 bits per heavy atom. The van der Waals surface area contributed by atoms with Crippen molar-refractivity contribution >= 4 is 5.91 Å². The molecule has 0 rings (SSSR count). The predicted octanol–water partition coefficient (Wildman–Crippen LogP) is -0.383. The molecule has 5 nitrogen and oxygen atoms in total. The van der Waals surface area contributed by atoms with Crippen molar-refractivity contribution in [3.63, 3.8) is 0 Å². The largest absolute Gasteiger partial charge is 0.393 e. The van der Waals surface area contributed by atoms with Crippen LogP contribution >= 0.6 is 0 Å². The molecule has 5 heteroatoms. The smallest absolute Gasteiger partial charge is 0.217 e. The van der Waals surface area contributed by atoms with Gasteiger partial charge in [0.2, 0.25) is 5.91 Å². The third-order valence-electron chi connectivity index (χ3n) is 1.59. The fourth-order valence-electron chi connectivity index (χ4n) is 1.08. The summed E-state index contributed by atoms with van der Waals surface area (Å²) in [6.45, 7) is 4.84. The van der Waals surface area contributed by atoms with E-state index < -0.39 is 12.4 Å². The molecule has 1 amide bonds. The van der Waals surface area contributed by atoms with E-state index in [4.69, 9.17) is 9.84 Å². The highest BCUT2D eigenvalue weighted by Crippen LogP contribution is 2.03. The van der Waals surface area contributed by atoms with Crippen LogP contribution in [-0.4, -0.2) is 41.2 Å². The Labute approximate surface area is 84.1 Å². The van der Waals surface area contributed by atoms with Crippen LogP contribution in [0.4, 0.5) is 0 Å². The molecule has 0 bridgehead atoms. The molecule has 0 aromatic carbocycles. The van der Waals surface area contributed by atoms with Gasteiger partial charge in [0.1, 0.15) is 0 Å². The van der Waals surface area contributed by atoms with E-state index in [1.807, 2.05) is 0 Å². The van der Waals surface area contributed by atoms with Gasteiger partial charge < -0.3 is 20.3 Å². The maximum atomic E-state index is 10.5. The van der Waals surface area contributed by atoms with Gasteiger partial charge >= 0.3 is 0 Å². The van der Waals surface area contributed by atoms with E-state index in [9.17, 15) is 9.90 Å². The van der Waals surface area contributed by atoms with Gasteiger partial charge in [-0.1, -0.05) is 0 Å². The van der Waals surface area contributed by atoms with Crippen molar-refractivity contribution < 1.29 is 19.7 Å². The number of aliphatic hydroxyl groups is 2. The molecule has 0 aliphatic carbocycles. The first-order valence-corrected chi connectivity index (χ1v) is 4.67. The molecule has 0 aliphatic heterocycles. The van der Waals surface area contributed by atoms with Crippen LogP contribution in [-0.2, 0) is 9.53 Å². The van der Waals surface area contributed by atoms with E-state index in [0.717, 1.165) is 0 Å². The van der Waals surface area contributed by atoms with Crippen LogP contribution in [0.5, 0.6) is 0 Å². The molecular formula is C9H19NO4. The van der Waals surface area contributed by atoms with Crippen molar-refractivity contribution in [1.82, 2.24) is 5.32 Å². The molecule has 0 spiro atoms. The summed E-state index contributed by atoms with van der Waals surface area (Å²) in [5.41, 5.74) is 0. The van der Waals surface area contributed by atoms with Gasteiger partial charge in [-0.05, 0) is 20.3 Å². The van der Waals surface area contributed by atoms with Crippen LogP contribution < -0.4 is 5.32 Å². The molecule has 0 aromatic heterocycles. The van der Waals surface area contributed by atoms with Crippen LogP contribution in [0.15, 0.2) is 0 Å². The SMILES string of the molecule is CC(=O)NC[C@H](O)OC(C)CC(C)O. The molecule has 0 saturated heterocycles. The number of aliphatic hydroxyl groups excluding tert-OH is 2. The second-order valence-corrected chi connectivity index (χ2v) is 3.42. The topological polar surface area (TPSA) is 78.8 Å². The van der Waals surface area contributed by atoms with E-state index in [0.29, 0.717) is 6.42 Å². The van der Waals surface area contributed by atoms with Crippen molar-refractivity contribution in [2.24, 2.45) is 0 Å². The highest BCUT2D eigenvalue weighted by Gasteiger charge is 2.12. The average Bonchev–Trinajstić information content (AvgIpc) is 1.98. The first-order chi connectivity index (χ1) is 6.41. The molecule has 14 heavy (non-hydrogen) atoms. The highest BCUT2D eigenvalue weighted by atomic mass is 16.6. The lowest BCUT2D eigenvalue weighted by molar-refractivity contribution is -0.140. The standard InChI is InChI=1S/C9H19NO4/c1-6(11)4-7(2)14-9(13)5-10-8(3)12/h6-7,9,11,13H,4-5H2,1-3H3,(H,10,12)/t6?,7?,9-/m1/s1. The Morgan fingerprint density at radius 2 is 2.00 bits per heavy atom. The van der Waals surface area contributed by atoms with Gasteiger partial charge in [-0.2, -0.15) is 0 Å². The Kier molecular flexibility index (Phi) is 6.44. The summed E-state index contributed by atoms with van der Waals surface area (Å²) >= 11 is 0. The first kappa shape index (κ1) is 13.4. The number of hydrogen-bond acceptors (Lipinski definition) is 4. The first-order valence-electron chi connectivity index (χ1n) is 4.67. The number of amides is 1. The van der Waals surface area contributed by atoms with Gasteiger partial charge in [-0.25, -0.2) is 0 Å². The zero-order chi connectivity index (χ0) is 11.1. The van der Waals surface area contributed by atoms with E-state index >= 15 is 0 Å². The molecule has 0 heterocycles. The van der Waals surface area contributed by atoms with E-state index in [1.165, 1.54) is 6.92 Å². The summed E-state index contributed by atoms with van der Waals surface area (Å²) < 4.78 is 5.09. The zero-order valence-electron chi connectivity index (χ0n) is 8.86. The molecule has 0 radical (unpaired) electrons. The van der Waals surface area contributed by atoms with E-state index in [2.05, 4.69) is 5.32 Å². The molecule has 0 aliphatic rings. The summed E-state index contributed by atoms with van der Waals surface area (Å²) in [6.07, 6.45) is -1.26. The third-order valence-corrected chi connectivity index (χ3v) is 1.59. The quantitative estimate of drug-likeness (QED) is 0.516. The van der Waals surface area contributed by atoms with Gasteiger partial charge in [0.05, 0.1) is 18.8 Å². The maximum absolute atomic E-state index is 10.5. The average molecular weight is 205 g/mol. The van der Waals surface area contributed by atoms with Gasteiger partial charge in [0.15, 0.2) is 6.29 Å². The number of ether oxygens (including phenoxy) is 1. The Bertz CT molecular complexity index is 172. The van der Waals surface area contributed by atoms with Crippen LogP contribution in [0.2, 0.25) is 0 Å². The van der Waals surface area contributed by atoms with Crippen molar-refractivity contribution in [2.75, 3.05) is 6.54 Å². The zero-order valence-corrected chi connectivity index (χ0v) is 8.86. The lowest BCUT2D eigenvalue weighted by Crippen LogP contribution is -2.34. The van der Waals surface area contributed by atoms with Gasteiger partial charge in [0, 0.05) is 6.92 Å². The molecule has 84 valence electrons. The lowest BCUT2D eigenvalue weighted by atomic mass is 10.2. The molecule has 3 N–H and O–H groups in total. The van der Waals surface area contributed by atoms with Crippen LogP contribution in [0.25, 0.3) is 0 Å². The second-order valence-electron chi connectivity index (χ2n) is 3.42. The number of rotatable bonds is 6. The fourth-order valence-corrected chi connectivity index (χ4v) is 1.08.